The number of halogens is 3. The highest BCUT2D eigenvalue weighted by molar-refractivity contribution is 7.92. The summed E-state index contributed by atoms with van der Waals surface area (Å²) in [5.74, 6) is 0.287. The molecule has 0 aliphatic carbocycles. The summed E-state index contributed by atoms with van der Waals surface area (Å²) in [7, 11) is -2.13. The maximum atomic E-state index is 13.5. The van der Waals surface area contributed by atoms with Crippen molar-refractivity contribution in [1.29, 1.82) is 0 Å². The van der Waals surface area contributed by atoms with E-state index in [1.54, 1.807) is 41.1 Å². The van der Waals surface area contributed by atoms with Gasteiger partial charge in [-0.3, -0.25) is 9.71 Å². The van der Waals surface area contributed by atoms with Gasteiger partial charge in [-0.05, 0) is 80.2 Å². The van der Waals surface area contributed by atoms with E-state index in [4.69, 9.17) is 17.0 Å². The highest BCUT2D eigenvalue weighted by atomic mass is 32.2. The van der Waals surface area contributed by atoms with E-state index in [0.29, 0.717) is 16.5 Å². The van der Waals surface area contributed by atoms with Crippen LogP contribution in [0.25, 0.3) is 5.69 Å². The Bertz CT molecular complexity index is 1760. The Morgan fingerprint density at radius 1 is 1.02 bits per heavy atom. The molecule has 0 radical (unpaired) electrons. The number of thiocarbonyl (C=S) groups is 1. The van der Waals surface area contributed by atoms with Crippen molar-refractivity contribution in [3.8, 4) is 11.4 Å². The molecule has 220 valence electrons. The Kier molecular flexibility index (Phi) is 7.66. The second-order valence-corrected chi connectivity index (χ2v) is 12.1. The van der Waals surface area contributed by atoms with E-state index < -0.39 is 33.8 Å². The molecule has 0 saturated carbocycles. The lowest BCUT2D eigenvalue weighted by Gasteiger charge is -2.29. The number of hydrogen-bond donors (Lipinski definition) is 2. The van der Waals surface area contributed by atoms with Crippen LogP contribution in [0.15, 0.2) is 72.9 Å². The molecule has 0 amide bonds. The number of aromatic nitrogens is 2. The van der Waals surface area contributed by atoms with Gasteiger partial charge >= 0.3 is 6.18 Å². The van der Waals surface area contributed by atoms with Gasteiger partial charge in [0.15, 0.2) is 5.11 Å². The molecule has 8 nitrogen and oxygen atoms in total. The molecule has 2 atom stereocenters. The van der Waals surface area contributed by atoms with Crippen molar-refractivity contribution in [3.05, 3.63) is 101 Å². The van der Waals surface area contributed by atoms with Crippen LogP contribution in [0.3, 0.4) is 0 Å². The number of benzene rings is 2. The molecule has 42 heavy (non-hydrogen) atoms. The number of pyridine rings is 1. The number of sulfonamides is 1. The Hall–Kier alpha value is -4.10. The molecule has 1 fully saturated rings. The van der Waals surface area contributed by atoms with Crippen molar-refractivity contribution in [2.45, 2.75) is 32.1 Å². The van der Waals surface area contributed by atoms with Crippen LogP contribution in [0.2, 0.25) is 0 Å². The Balaban J connectivity index is 1.66. The van der Waals surface area contributed by atoms with Gasteiger partial charge in [-0.25, -0.2) is 8.42 Å². The highest BCUT2D eigenvalue weighted by Gasteiger charge is 2.42. The lowest BCUT2D eigenvalue weighted by molar-refractivity contribution is -0.137. The molecule has 4 aromatic rings. The smallest absolute Gasteiger partial charge is 0.416 e. The summed E-state index contributed by atoms with van der Waals surface area (Å²) in [5, 5.41) is 3.76. The van der Waals surface area contributed by atoms with E-state index in [9.17, 15) is 21.6 Å². The van der Waals surface area contributed by atoms with Gasteiger partial charge in [0.2, 0.25) is 10.0 Å². The van der Waals surface area contributed by atoms with Crippen LogP contribution in [0.4, 0.5) is 24.5 Å². The summed E-state index contributed by atoms with van der Waals surface area (Å²) in [5.41, 5.74) is 3.56. The van der Waals surface area contributed by atoms with Gasteiger partial charge in [-0.15, -0.1) is 0 Å². The predicted molar refractivity (Wildman–Crippen MR) is 160 cm³/mol. The van der Waals surface area contributed by atoms with Gasteiger partial charge in [0, 0.05) is 35.0 Å². The molecular weight excluding hydrogens is 587 g/mol. The second kappa shape index (κ2) is 11.0. The van der Waals surface area contributed by atoms with Crippen molar-refractivity contribution in [1.82, 2.24) is 14.9 Å². The standard InChI is InChI=1S/C29H28F3N5O3S2/c1-17-14-22(18(2)36(17)20-9-7-8-19(15-20)29(30,31)32)27-26(24-10-5-6-13-33-24)34-28(41)37(27)21-11-12-23(25(16-21)40-3)35-42(4,38)39/h5-16,26-27,35H,1-4H3,(H,34,41)/t26-,27-/m1/s1. The quantitative estimate of drug-likeness (QED) is 0.244. The molecule has 3 heterocycles. The minimum absolute atomic E-state index is 0.266. The number of anilines is 2. The van der Waals surface area contributed by atoms with Crippen molar-refractivity contribution in [3.63, 3.8) is 0 Å². The van der Waals surface area contributed by atoms with Gasteiger partial charge in [-0.2, -0.15) is 13.2 Å². The summed E-state index contributed by atoms with van der Waals surface area (Å²) in [6.45, 7) is 3.70. The normalized spacial score (nSPS) is 17.3. The summed E-state index contributed by atoms with van der Waals surface area (Å²) in [6.07, 6.45) is -1.75. The first kappa shape index (κ1) is 29.4. The van der Waals surface area contributed by atoms with Gasteiger partial charge in [0.05, 0.1) is 42.4 Å². The largest absolute Gasteiger partial charge is 0.494 e. The Morgan fingerprint density at radius 3 is 2.43 bits per heavy atom. The van der Waals surface area contributed by atoms with Crippen LogP contribution in [-0.4, -0.2) is 36.4 Å². The molecule has 5 rings (SSSR count). The first-order valence-electron chi connectivity index (χ1n) is 12.8. The zero-order chi connectivity index (χ0) is 30.4. The third-order valence-electron chi connectivity index (χ3n) is 7.08. The number of ether oxygens (including phenoxy) is 1. The molecule has 0 unspecified atom stereocenters. The lowest BCUT2D eigenvalue weighted by Crippen LogP contribution is -2.29. The molecule has 2 aromatic carbocycles. The first-order valence-corrected chi connectivity index (χ1v) is 15.1. The van der Waals surface area contributed by atoms with Gasteiger partial charge in [-0.1, -0.05) is 12.1 Å². The number of methoxy groups -OCH3 is 1. The van der Waals surface area contributed by atoms with E-state index in [2.05, 4.69) is 15.0 Å². The zero-order valence-electron chi connectivity index (χ0n) is 23.1. The molecule has 0 spiro atoms. The number of hydrogen-bond acceptors (Lipinski definition) is 5. The van der Waals surface area contributed by atoms with E-state index in [1.807, 2.05) is 36.9 Å². The van der Waals surface area contributed by atoms with Gasteiger partial charge in [0.1, 0.15) is 5.75 Å². The van der Waals surface area contributed by atoms with Gasteiger partial charge in [0.25, 0.3) is 0 Å². The number of nitrogens with zero attached hydrogens (tertiary/aromatic N) is 3. The molecule has 1 aliphatic rings. The molecule has 2 N–H and O–H groups in total. The fraction of sp³-hybridized carbons (Fsp3) is 0.241. The van der Waals surface area contributed by atoms with Crippen molar-refractivity contribution >= 4 is 38.7 Å². The van der Waals surface area contributed by atoms with Crippen LogP contribution >= 0.6 is 12.2 Å². The third kappa shape index (κ3) is 5.66. The number of alkyl halides is 3. The lowest BCUT2D eigenvalue weighted by atomic mass is 9.96. The maximum absolute atomic E-state index is 13.5. The van der Waals surface area contributed by atoms with Crippen LogP contribution in [-0.2, 0) is 16.2 Å². The minimum Gasteiger partial charge on any atom is -0.494 e. The number of rotatable bonds is 7. The van der Waals surface area contributed by atoms with Crippen LogP contribution in [0, 0.1) is 13.8 Å². The maximum Gasteiger partial charge on any atom is 0.416 e. The van der Waals surface area contributed by atoms with E-state index in [-0.39, 0.29) is 11.4 Å². The van der Waals surface area contributed by atoms with Gasteiger partial charge < -0.3 is 19.5 Å². The summed E-state index contributed by atoms with van der Waals surface area (Å²) in [6, 6.07) is 16.8. The van der Waals surface area contributed by atoms with Crippen molar-refractivity contribution in [2.24, 2.45) is 0 Å². The van der Waals surface area contributed by atoms with Crippen LogP contribution < -0.4 is 19.7 Å². The zero-order valence-corrected chi connectivity index (χ0v) is 24.7. The highest BCUT2D eigenvalue weighted by Crippen LogP contribution is 2.45. The molecular formula is C29H28F3N5O3S2. The minimum atomic E-state index is -4.48. The fourth-order valence-electron chi connectivity index (χ4n) is 5.37. The van der Waals surface area contributed by atoms with E-state index in [0.717, 1.165) is 41.0 Å². The number of nitrogens with one attached hydrogen (secondary N) is 2. The molecule has 2 aromatic heterocycles. The summed E-state index contributed by atoms with van der Waals surface area (Å²) < 4.78 is 74.1. The average molecular weight is 616 g/mol. The summed E-state index contributed by atoms with van der Waals surface area (Å²) >= 11 is 5.81. The molecule has 1 aliphatic heterocycles. The van der Waals surface area contributed by atoms with Crippen molar-refractivity contribution < 1.29 is 26.3 Å². The third-order valence-corrected chi connectivity index (χ3v) is 7.98. The topological polar surface area (TPSA) is 88.5 Å². The second-order valence-electron chi connectivity index (χ2n) is 9.97. The molecule has 13 heteroatoms. The van der Waals surface area contributed by atoms with E-state index in [1.165, 1.54) is 13.2 Å². The van der Waals surface area contributed by atoms with Crippen LogP contribution in [0.5, 0.6) is 5.75 Å². The molecule has 1 saturated heterocycles. The molecule has 0 bridgehead atoms. The average Bonchev–Trinajstić information content (AvgIpc) is 3.43. The summed E-state index contributed by atoms with van der Waals surface area (Å²) in [4.78, 5) is 6.45. The van der Waals surface area contributed by atoms with E-state index >= 15 is 0 Å². The Labute approximate surface area is 247 Å². The first-order chi connectivity index (χ1) is 19.8. The van der Waals surface area contributed by atoms with Crippen LogP contribution in [0.1, 0.15) is 40.3 Å². The SMILES string of the molecule is COc1cc(N2C(=S)N[C@H](c3ccccn3)[C@H]2c2cc(C)n(-c3cccc(C(F)(F)F)c3)c2C)ccc1NS(C)(=O)=O. The predicted octanol–water partition coefficient (Wildman–Crippen LogP) is 6.07. The van der Waals surface area contributed by atoms with Crippen molar-refractivity contribution in [2.75, 3.05) is 23.0 Å². The fourth-order valence-corrected chi connectivity index (χ4v) is 6.28. The monoisotopic (exact) mass is 615 g/mol. The Morgan fingerprint density at radius 2 is 1.79 bits per heavy atom. The number of aryl methyl sites for hydroxylation is 1.